The number of ether oxygens (including phenoxy) is 1. The summed E-state index contributed by atoms with van der Waals surface area (Å²) >= 11 is 0. The van der Waals surface area contributed by atoms with Crippen LogP contribution >= 0.6 is 7.82 Å². The molecule has 120 valence electrons. The monoisotopic (exact) mass is 334 g/mol. The second-order valence-electron chi connectivity index (χ2n) is 4.66. The molecular weight excluding hydrogens is 322 g/mol. The van der Waals surface area contributed by atoms with E-state index >= 15 is 0 Å². The first-order chi connectivity index (χ1) is 10.1. The van der Waals surface area contributed by atoms with Crippen LogP contribution in [0.2, 0.25) is 0 Å². The summed E-state index contributed by atoms with van der Waals surface area (Å²) in [5.74, 6) is -0.445. The van der Waals surface area contributed by atoms with E-state index in [-0.39, 0.29) is 12.8 Å². The molecule has 0 bridgehead atoms. The molecule has 0 unspecified atom stereocenters. The quantitative estimate of drug-likeness (QED) is 0.495. The van der Waals surface area contributed by atoms with Crippen molar-refractivity contribution in [1.29, 1.82) is 0 Å². The number of halogens is 1. The highest BCUT2D eigenvalue weighted by Gasteiger charge is 2.52. The highest BCUT2D eigenvalue weighted by molar-refractivity contribution is 7.46. The predicted molar refractivity (Wildman–Crippen MR) is 70.3 cm³/mol. The zero-order valence-corrected chi connectivity index (χ0v) is 12.0. The number of aromatic nitrogens is 2. The standard InChI is InChI=1S/C11H12FN2O7P/c1-2-11(14-6-3-8(15)13-9(14)16)5-4-10(12,21-11)7-20-22(17,18)19/h1,3,6H,4-5,7H2,(H,13,15,16)(H2,17,18,19)/t10-,11+/m0/s1. The van der Waals surface area contributed by atoms with Crippen LogP contribution in [0.5, 0.6) is 0 Å². The van der Waals surface area contributed by atoms with Crippen molar-refractivity contribution >= 4 is 7.82 Å². The van der Waals surface area contributed by atoms with Gasteiger partial charge in [-0.2, -0.15) is 0 Å². The van der Waals surface area contributed by atoms with E-state index < -0.39 is 37.3 Å². The lowest BCUT2D eigenvalue weighted by Crippen LogP contribution is -2.44. The number of phosphoric ester groups is 1. The van der Waals surface area contributed by atoms with Crippen LogP contribution in [0.3, 0.4) is 0 Å². The van der Waals surface area contributed by atoms with Crippen LogP contribution in [0.1, 0.15) is 12.8 Å². The van der Waals surface area contributed by atoms with Gasteiger partial charge in [0.1, 0.15) is 6.61 Å². The Kier molecular flexibility index (Phi) is 4.12. The van der Waals surface area contributed by atoms with Crippen LogP contribution in [-0.4, -0.2) is 31.8 Å². The molecule has 22 heavy (non-hydrogen) atoms. The summed E-state index contributed by atoms with van der Waals surface area (Å²) in [4.78, 5) is 42.0. The summed E-state index contributed by atoms with van der Waals surface area (Å²) in [6.45, 7) is -1.06. The molecule has 9 nitrogen and oxygen atoms in total. The van der Waals surface area contributed by atoms with E-state index in [0.29, 0.717) is 0 Å². The minimum Gasteiger partial charge on any atom is -0.305 e. The number of aromatic amines is 1. The molecule has 11 heteroatoms. The van der Waals surface area contributed by atoms with Gasteiger partial charge in [-0.05, 0) is 5.92 Å². The molecule has 2 rings (SSSR count). The van der Waals surface area contributed by atoms with Gasteiger partial charge in [0, 0.05) is 25.1 Å². The lowest BCUT2D eigenvalue weighted by Gasteiger charge is -2.27. The van der Waals surface area contributed by atoms with Gasteiger partial charge >= 0.3 is 13.5 Å². The Morgan fingerprint density at radius 1 is 1.55 bits per heavy atom. The second kappa shape index (κ2) is 5.46. The Bertz CT molecular complexity index is 778. The van der Waals surface area contributed by atoms with Crippen molar-refractivity contribution in [1.82, 2.24) is 9.55 Å². The van der Waals surface area contributed by atoms with Crippen LogP contribution in [0, 0.1) is 12.3 Å². The fraction of sp³-hybridized carbons (Fsp3) is 0.455. The smallest absolute Gasteiger partial charge is 0.305 e. The van der Waals surface area contributed by atoms with Crippen LogP contribution in [0.4, 0.5) is 4.39 Å². The zero-order chi connectivity index (χ0) is 16.6. The molecule has 0 amide bonds. The van der Waals surface area contributed by atoms with E-state index in [0.717, 1.165) is 16.8 Å². The van der Waals surface area contributed by atoms with Crippen molar-refractivity contribution in [2.75, 3.05) is 6.61 Å². The molecule has 1 aromatic rings. The summed E-state index contributed by atoms with van der Waals surface area (Å²) in [6, 6.07) is 1.01. The largest absolute Gasteiger partial charge is 0.469 e. The molecule has 0 spiro atoms. The van der Waals surface area contributed by atoms with Crippen molar-refractivity contribution in [3.8, 4) is 12.3 Å². The number of terminal acetylenes is 1. The molecule has 1 aliphatic heterocycles. The maximum Gasteiger partial charge on any atom is 0.469 e. The fourth-order valence-corrected chi connectivity index (χ4v) is 2.45. The van der Waals surface area contributed by atoms with Gasteiger partial charge in [0.05, 0.1) is 0 Å². The third-order valence-corrected chi connectivity index (χ3v) is 3.54. The van der Waals surface area contributed by atoms with Gasteiger partial charge in [-0.25, -0.2) is 13.8 Å². The van der Waals surface area contributed by atoms with Crippen molar-refractivity contribution in [2.45, 2.75) is 24.4 Å². The summed E-state index contributed by atoms with van der Waals surface area (Å²) in [5.41, 5.74) is -3.39. The molecule has 1 saturated heterocycles. The maximum atomic E-state index is 14.4. The Labute approximate surface area is 122 Å². The van der Waals surface area contributed by atoms with Gasteiger partial charge in [-0.1, -0.05) is 0 Å². The summed E-state index contributed by atoms with van der Waals surface area (Å²) in [5, 5.41) is 0. The number of rotatable bonds is 4. The zero-order valence-electron chi connectivity index (χ0n) is 11.1. The Morgan fingerprint density at radius 3 is 2.77 bits per heavy atom. The van der Waals surface area contributed by atoms with E-state index in [9.17, 15) is 18.5 Å². The molecule has 2 atom stereocenters. The van der Waals surface area contributed by atoms with Gasteiger partial charge < -0.3 is 14.5 Å². The van der Waals surface area contributed by atoms with E-state index in [2.05, 4.69) is 10.4 Å². The third-order valence-electron chi connectivity index (χ3n) is 3.08. The van der Waals surface area contributed by atoms with Gasteiger partial charge in [0.15, 0.2) is 0 Å². The van der Waals surface area contributed by atoms with Crippen molar-refractivity contribution in [3.63, 3.8) is 0 Å². The van der Waals surface area contributed by atoms with Crippen LogP contribution in [-0.2, 0) is 19.6 Å². The number of nitrogens with zero attached hydrogens (tertiary/aromatic N) is 1. The number of alkyl halides is 1. The van der Waals surface area contributed by atoms with Crippen LogP contribution < -0.4 is 11.2 Å². The van der Waals surface area contributed by atoms with Gasteiger partial charge in [0.25, 0.3) is 5.56 Å². The number of H-pyrrole nitrogens is 1. The average molecular weight is 334 g/mol. The van der Waals surface area contributed by atoms with Crippen LogP contribution in [0.15, 0.2) is 21.9 Å². The SMILES string of the molecule is C#C[C@]1(n2ccc(=O)[nH]c2=O)CC[C@@](F)(COP(=O)(O)O)O1. The van der Waals surface area contributed by atoms with Crippen LogP contribution in [0.25, 0.3) is 0 Å². The van der Waals surface area contributed by atoms with Crippen molar-refractivity contribution in [2.24, 2.45) is 0 Å². The molecule has 3 N–H and O–H groups in total. The normalized spacial score (nSPS) is 28.5. The third kappa shape index (κ3) is 3.35. The minimum absolute atomic E-state index is 0.156. The lowest BCUT2D eigenvalue weighted by atomic mass is 10.1. The Hall–Kier alpha value is -1.76. The summed E-state index contributed by atoms with van der Waals surface area (Å²) < 4.78 is 35.1. The molecule has 0 radical (unpaired) electrons. The van der Waals surface area contributed by atoms with Gasteiger partial charge in [-0.15, -0.1) is 6.42 Å². The molecule has 0 aromatic carbocycles. The number of hydrogen-bond donors (Lipinski definition) is 3. The first kappa shape index (κ1) is 16.6. The lowest BCUT2D eigenvalue weighted by molar-refractivity contribution is -0.201. The van der Waals surface area contributed by atoms with Crippen molar-refractivity contribution in [3.05, 3.63) is 33.1 Å². The topological polar surface area (TPSA) is 131 Å². The molecule has 1 aromatic heterocycles. The highest BCUT2D eigenvalue weighted by atomic mass is 31.2. The fourth-order valence-electron chi connectivity index (χ4n) is 2.09. The summed E-state index contributed by atoms with van der Waals surface area (Å²) in [7, 11) is -4.89. The minimum atomic E-state index is -4.89. The van der Waals surface area contributed by atoms with Gasteiger partial charge in [-0.3, -0.25) is 18.9 Å². The highest BCUT2D eigenvalue weighted by Crippen LogP contribution is 2.45. The average Bonchev–Trinajstić information content (AvgIpc) is 2.75. The Balaban J connectivity index is 2.31. The van der Waals surface area contributed by atoms with Crippen molar-refractivity contribution < 1.29 is 28.0 Å². The second-order valence-corrected chi connectivity index (χ2v) is 5.90. The van der Waals surface area contributed by atoms with E-state index in [1.165, 1.54) is 0 Å². The first-order valence-electron chi connectivity index (χ1n) is 5.99. The van der Waals surface area contributed by atoms with E-state index in [1.807, 2.05) is 4.98 Å². The van der Waals surface area contributed by atoms with Gasteiger partial charge in [0.2, 0.25) is 11.6 Å². The van der Waals surface area contributed by atoms with E-state index in [1.54, 1.807) is 0 Å². The summed E-state index contributed by atoms with van der Waals surface area (Å²) in [6.07, 6.45) is 5.86. The predicted octanol–water partition coefficient (Wildman–Crippen LogP) is -0.592. The number of nitrogens with one attached hydrogen (secondary N) is 1. The maximum absolute atomic E-state index is 14.4. The molecule has 0 saturated carbocycles. The Morgan fingerprint density at radius 2 is 2.23 bits per heavy atom. The first-order valence-corrected chi connectivity index (χ1v) is 7.52. The number of phosphoric acid groups is 1. The molecule has 1 aliphatic rings. The molecule has 0 aliphatic carbocycles. The van der Waals surface area contributed by atoms with E-state index in [4.69, 9.17) is 20.9 Å². The molecule has 1 fully saturated rings. The number of hydrogen-bond acceptors (Lipinski definition) is 5. The molecule has 2 heterocycles. The molecular formula is C11H12FN2O7P.